The average Bonchev–Trinajstić information content (AvgIpc) is 3.16. The molecule has 0 aliphatic carbocycles. The first kappa shape index (κ1) is 28.2. The minimum Gasteiger partial charge on any atom is -0.380 e. The van der Waals surface area contributed by atoms with E-state index in [-0.39, 0.29) is 22.3 Å². The molecule has 10 heteroatoms. The first-order valence-electron chi connectivity index (χ1n) is 12.1. The van der Waals surface area contributed by atoms with Gasteiger partial charge < -0.3 is 9.30 Å². The maximum Gasteiger partial charge on any atom is 0.279 e. The zero-order valence-electron chi connectivity index (χ0n) is 21.4. The minimum atomic E-state index is -3.70. The van der Waals surface area contributed by atoms with Crippen molar-refractivity contribution in [3.8, 4) is 0 Å². The molecule has 0 spiro atoms. The number of carbonyl (C=O) groups is 1. The number of rotatable bonds is 11. The molecule has 36 heavy (non-hydrogen) atoms. The van der Waals surface area contributed by atoms with Crippen molar-refractivity contribution in [3.05, 3.63) is 58.6 Å². The molecule has 0 atom stereocenters. The predicted octanol–water partition coefficient (Wildman–Crippen LogP) is 4.92. The lowest BCUT2D eigenvalue weighted by atomic mass is 10.2. The van der Waals surface area contributed by atoms with Crippen LogP contribution in [0.1, 0.15) is 45.0 Å². The van der Waals surface area contributed by atoms with Crippen LogP contribution < -0.4 is 4.80 Å². The summed E-state index contributed by atoms with van der Waals surface area (Å²) >= 11 is 1.22. The summed E-state index contributed by atoms with van der Waals surface area (Å²) in [6, 6.07) is 10.6. The standard InChI is InChI=1S/C26H34FN3O4S2/c1-6-34-15-14-30-24-22(27)8-7-9-23(24)35-26(30)28-25(31)20-10-12-21(13-11-20)36(32,33)29(16-18(2)3)17-19(4)5/h7-13,18-19H,6,14-17H2,1-5H3. The van der Waals surface area contributed by atoms with Gasteiger partial charge in [-0.3, -0.25) is 4.79 Å². The number of nitrogens with zero attached hydrogens (tertiary/aromatic N) is 3. The van der Waals surface area contributed by atoms with Crippen molar-refractivity contribution in [2.75, 3.05) is 26.3 Å². The highest BCUT2D eigenvalue weighted by molar-refractivity contribution is 7.89. The van der Waals surface area contributed by atoms with Gasteiger partial charge in [0.05, 0.1) is 21.7 Å². The summed E-state index contributed by atoms with van der Waals surface area (Å²) in [5.41, 5.74) is 0.632. The van der Waals surface area contributed by atoms with E-state index >= 15 is 0 Å². The predicted molar refractivity (Wildman–Crippen MR) is 141 cm³/mol. The highest BCUT2D eigenvalue weighted by Gasteiger charge is 2.26. The van der Waals surface area contributed by atoms with Crippen LogP contribution in [0.5, 0.6) is 0 Å². The van der Waals surface area contributed by atoms with Gasteiger partial charge in [0.25, 0.3) is 5.91 Å². The van der Waals surface area contributed by atoms with Gasteiger partial charge in [0.15, 0.2) is 4.80 Å². The Morgan fingerprint density at radius 2 is 1.72 bits per heavy atom. The highest BCUT2D eigenvalue weighted by atomic mass is 32.2. The summed E-state index contributed by atoms with van der Waals surface area (Å²) in [5, 5.41) is 0. The van der Waals surface area contributed by atoms with E-state index in [2.05, 4.69) is 4.99 Å². The zero-order valence-corrected chi connectivity index (χ0v) is 23.0. The lowest BCUT2D eigenvalue weighted by Crippen LogP contribution is -2.37. The first-order chi connectivity index (χ1) is 17.0. The highest BCUT2D eigenvalue weighted by Crippen LogP contribution is 2.22. The molecule has 0 bridgehead atoms. The van der Waals surface area contributed by atoms with Crippen LogP contribution >= 0.6 is 11.3 Å². The van der Waals surface area contributed by atoms with E-state index in [9.17, 15) is 17.6 Å². The van der Waals surface area contributed by atoms with Gasteiger partial charge in [0.1, 0.15) is 5.82 Å². The molecular weight excluding hydrogens is 501 g/mol. The van der Waals surface area contributed by atoms with Crippen molar-refractivity contribution in [1.82, 2.24) is 8.87 Å². The molecule has 1 heterocycles. The second kappa shape index (κ2) is 12.2. The third kappa shape index (κ3) is 6.67. The fourth-order valence-electron chi connectivity index (χ4n) is 3.84. The molecule has 0 N–H and O–H groups in total. The summed E-state index contributed by atoms with van der Waals surface area (Å²) in [6.45, 7) is 11.9. The Hall–Kier alpha value is -2.40. The number of aromatic nitrogens is 1. The Morgan fingerprint density at radius 3 is 2.31 bits per heavy atom. The van der Waals surface area contributed by atoms with Crippen LogP contribution in [-0.4, -0.2) is 49.5 Å². The van der Waals surface area contributed by atoms with Crippen LogP contribution in [0, 0.1) is 17.7 Å². The minimum absolute atomic E-state index is 0.135. The number of hydrogen-bond acceptors (Lipinski definition) is 5. The molecule has 196 valence electrons. The topological polar surface area (TPSA) is 81.0 Å². The van der Waals surface area contributed by atoms with Gasteiger partial charge in [0.2, 0.25) is 10.0 Å². The molecule has 0 saturated carbocycles. The summed E-state index contributed by atoms with van der Waals surface area (Å²) in [7, 11) is -3.70. The number of para-hydroxylation sites is 1. The van der Waals surface area contributed by atoms with Gasteiger partial charge in [-0.15, -0.1) is 0 Å². The van der Waals surface area contributed by atoms with Gasteiger partial charge in [-0.2, -0.15) is 9.30 Å². The van der Waals surface area contributed by atoms with Crippen molar-refractivity contribution in [2.45, 2.75) is 46.1 Å². The van der Waals surface area contributed by atoms with Gasteiger partial charge in [-0.1, -0.05) is 45.1 Å². The molecule has 0 saturated heterocycles. The molecule has 3 aromatic rings. The van der Waals surface area contributed by atoms with Gasteiger partial charge in [0, 0.05) is 31.8 Å². The normalized spacial score (nSPS) is 13.0. The number of thiazole rings is 1. The average molecular weight is 536 g/mol. The number of hydrogen-bond donors (Lipinski definition) is 0. The molecule has 0 radical (unpaired) electrons. The molecule has 0 aliphatic rings. The Morgan fingerprint density at radius 1 is 1.08 bits per heavy atom. The largest absolute Gasteiger partial charge is 0.380 e. The smallest absolute Gasteiger partial charge is 0.279 e. The third-order valence-electron chi connectivity index (χ3n) is 5.39. The lowest BCUT2D eigenvalue weighted by molar-refractivity contribution is 0.0996. The summed E-state index contributed by atoms with van der Waals surface area (Å²) in [4.78, 5) is 17.7. The zero-order chi connectivity index (χ0) is 26.5. The van der Waals surface area contributed by atoms with Crippen molar-refractivity contribution >= 4 is 37.5 Å². The number of fused-ring (bicyclic) bond motifs is 1. The Labute approximate surface area is 216 Å². The van der Waals surface area contributed by atoms with Crippen LogP contribution in [-0.2, 0) is 21.3 Å². The fourth-order valence-corrected chi connectivity index (χ4v) is 6.67. The molecule has 1 amide bonds. The van der Waals surface area contributed by atoms with E-state index in [1.165, 1.54) is 46.0 Å². The van der Waals surface area contributed by atoms with Gasteiger partial charge in [-0.25, -0.2) is 12.8 Å². The molecular formula is C26H34FN3O4S2. The van der Waals surface area contributed by atoms with Crippen LogP contribution in [0.15, 0.2) is 52.4 Å². The first-order valence-corrected chi connectivity index (χ1v) is 14.3. The Balaban J connectivity index is 1.94. The van der Waals surface area contributed by atoms with Crippen LogP contribution in [0.25, 0.3) is 10.2 Å². The van der Waals surface area contributed by atoms with Gasteiger partial charge in [-0.05, 0) is 55.2 Å². The molecule has 1 aromatic heterocycles. The SMILES string of the molecule is CCOCCn1c(=NC(=O)c2ccc(S(=O)(=O)N(CC(C)C)CC(C)C)cc2)sc2cccc(F)c21. The summed E-state index contributed by atoms with van der Waals surface area (Å²) in [5.74, 6) is -0.564. The van der Waals surface area contributed by atoms with Crippen molar-refractivity contribution in [1.29, 1.82) is 0 Å². The number of halogens is 1. The molecule has 0 aliphatic heterocycles. The maximum atomic E-state index is 14.6. The fraction of sp³-hybridized carbons (Fsp3) is 0.462. The van der Waals surface area contributed by atoms with Crippen molar-refractivity contribution in [3.63, 3.8) is 0 Å². The second-order valence-corrected chi connectivity index (χ2v) is 12.3. The van der Waals surface area contributed by atoms with E-state index in [4.69, 9.17) is 4.74 Å². The van der Waals surface area contributed by atoms with Crippen LogP contribution in [0.2, 0.25) is 0 Å². The molecule has 7 nitrogen and oxygen atoms in total. The second-order valence-electron chi connectivity index (χ2n) is 9.37. The van der Waals surface area contributed by atoms with E-state index in [0.717, 1.165) is 0 Å². The lowest BCUT2D eigenvalue weighted by Gasteiger charge is -2.25. The third-order valence-corrected chi connectivity index (χ3v) is 8.28. The van der Waals surface area contributed by atoms with Crippen molar-refractivity contribution in [2.24, 2.45) is 16.8 Å². The van der Waals surface area contributed by atoms with E-state index < -0.39 is 21.7 Å². The monoisotopic (exact) mass is 535 g/mol. The molecule has 3 rings (SSSR count). The quantitative estimate of drug-likeness (QED) is 0.326. The van der Waals surface area contributed by atoms with E-state index in [1.54, 1.807) is 16.7 Å². The van der Waals surface area contributed by atoms with Crippen LogP contribution in [0.4, 0.5) is 4.39 Å². The Bertz CT molecular complexity index is 1350. The van der Waals surface area contributed by atoms with E-state index in [1.807, 2.05) is 34.6 Å². The molecule has 2 aromatic carbocycles. The Kier molecular flexibility index (Phi) is 9.57. The number of ether oxygens (including phenoxy) is 1. The van der Waals surface area contributed by atoms with Crippen molar-refractivity contribution < 1.29 is 22.3 Å². The number of sulfonamides is 1. The summed E-state index contributed by atoms with van der Waals surface area (Å²) < 4.78 is 50.3. The van der Waals surface area contributed by atoms with Gasteiger partial charge >= 0.3 is 0 Å². The maximum absolute atomic E-state index is 14.6. The number of carbonyl (C=O) groups excluding carboxylic acids is 1. The molecule has 0 fully saturated rings. The molecule has 0 unspecified atom stereocenters. The number of amides is 1. The van der Waals surface area contributed by atoms with Crippen LogP contribution in [0.3, 0.4) is 0 Å². The van der Waals surface area contributed by atoms with E-state index in [0.29, 0.717) is 47.9 Å². The summed E-state index contributed by atoms with van der Waals surface area (Å²) in [6.07, 6.45) is 0. The number of benzene rings is 2.